The summed E-state index contributed by atoms with van der Waals surface area (Å²) in [5.74, 6) is -2.60. The Morgan fingerprint density at radius 2 is 2.16 bits per heavy atom. The van der Waals surface area contributed by atoms with Crippen molar-refractivity contribution in [2.75, 3.05) is 12.8 Å². The van der Waals surface area contributed by atoms with E-state index in [0.29, 0.717) is 5.56 Å². The minimum absolute atomic E-state index is 0.304. The van der Waals surface area contributed by atoms with Gasteiger partial charge in [-0.3, -0.25) is 4.79 Å². The van der Waals surface area contributed by atoms with E-state index in [9.17, 15) is 22.7 Å². The molecule has 3 N–H and O–H groups in total. The van der Waals surface area contributed by atoms with E-state index >= 15 is 0 Å². The number of halogens is 1. The van der Waals surface area contributed by atoms with E-state index in [1.54, 1.807) is 0 Å². The lowest BCUT2D eigenvalue weighted by molar-refractivity contribution is -0.143. The topological polar surface area (TPSA) is 97.5 Å². The normalized spacial score (nSPS) is 30.1. The number of hydrogen-bond donors (Lipinski definition) is 2. The molecule has 19 heavy (non-hydrogen) atoms. The lowest BCUT2D eigenvalue weighted by Gasteiger charge is -2.09. The molecule has 0 unspecified atom stereocenters. The summed E-state index contributed by atoms with van der Waals surface area (Å²) < 4.78 is 36.7. The van der Waals surface area contributed by atoms with Gasteiger partial charge in [-0.1, -0.05) is 12.1 Å². The fourth-order valence-electron chi connectivity index (χ4n) is 2.79. The van der Waals surface area contributed by atoms with Crippen LogP contribution in [0.25, 0.3) is 0 Å². The summed E-state index contributed by atoms with van der Waals surface area (Å²) in [6, 6.07) is 5.31. The molecule has 1 aromatic rings. The molecule has 0 bridgehead atoms. The highest BCUT2D eigenvalue weighted by Crippen LogP contribution is 2.62. The number of hydrogen-bond acceptors (Lipinski definition) is 4. The van der Waals surface area contributed by atoms with Gasteiger partial charge in [-0.15, -0.1) is 0 Å². The first-order valence-electron chi connectivity index (χ1n) is 5.63. The lowest BCUT2D eigenvalue weighted by atomic mass is 9.99. The van der Waals surface area contributed by atoms with Gasteiger partial charge in [0.1, 0.15) is 11.2 Å². The van der Waals surface area contributed by atoms with Crippen molar-refractivity contribution in [3.05, 3.63) is 35.6 Å². The molecular weight excluding hydrogens is 273 g/mol. The van der Waals surface area contributed by atoms with Crippen molar-refractivity contribution in [1.82, 2.24) is 0 Å². The van der Waals surface area contributed by atoms with Crippen molar-refractivity contribution >= 4 is 15.8 Å². The third-order valence-electron chi connectivity index (χ3n) is 3.66. The molecule has 7 heteroatoms. The van der Waals surface area contributed by atoms with Crippen molar-refractivity contribution in [2.45, 2.75) is 11.2 Å². The molecule has 0 amide bonds. The van der Waals surface area contributed by atoms with E-state index in [1.165, 1.54) is 18.2 Å². The molecule has 0 radical (unpaired) electrons. The highest BCUT2D eigenvalue weighted by Gasteiger charge is 2.74. The molecule has 0 aromatic heterocycles. The lowest BCUT2D eigenvalue weighted by Crippen LogP contribution is -2.31. The van der Waals surface area contributed by atoms with Gasteiger partial charge in [-0.2, -0.15) is 0 Å². The zero-order valence-electron chi connectivity index (χ0n) is 10.2. The third-order valence-corrected chi connectivity index (χ3v) is 5.28. The number of rotatable bonds is 4. The molecule has 2 rings (SSSR count). The van der Waals surface area contributed by atoms with Gasteiger partial charge in [0.15, 0.2) is 9.84 Å². The van der Waals surface area contributed by atoms with Crippen LogP contribution in [0, 0.1) is 11.2 Å². The minimum atomic E-state index is -3.59. The number of benzene rings is 1. The fourth-order valence-corrected chi connectivity index (χ4v) is 4.71. The van der Waals surface area contributed by atoms with E-state index in [0.717, 1.165) is 12.3 Å². The predicted molar refractivity (Wildman–Crippen MR) is 66.9 cm³/mol. The molecular formula is C12H14FNO4S. The summed E-state index contributed by atoms with van der Waals surface area (Å²) in [6.07, 6.45) is 0.977. The van der Waals surface area contributed by atoms with Crippen LogP contribution in [0.1, 0.15) is 11.5 Å². The van der Waals surface area contributed by atoms with Crippen LogP contribution in [0.15, 0.2) is 24.3 Å². The summed E-state index contributed by atoms with van der Waals surface area (Å²) in [6.45, 7) is -0.304. The average molecular weight is 287 g/mol. The average Bonchev–Trinajstić information content (AvgIpc) is 2.99. The van der Waals surface area contributed by atoms with E-state index in [2.05, 4.69) is 0 Å². The van der Waals surface area contributed by atoms with E-state index in [4.69, 9.17) is 5.73 Å². The second kappa shape index (κ2) is 4.28. The van der Waals surface area contributed by atoms with Gasteiger partial charge >= 0.3 is 5.97 Å². The molecule has 1 aliphatic rings. The quantitative estimate of drug-likeness (QED) is 0.833. The number of carboxylic acids is 1. The van der Waals surface area contributed by atoms with Gasteiger partial charge in [0, 0.05) is 18.7 Å². The molecule has 3 atom stereocenters. The number of carboxylic acid groups (broad SMARTS) is 1. The Morgan fingerprint density at radius 1 is 1.53 bits per heavy atom. The summed E-state index contributed by atoms with van der Waals surface area (Å²) in [4.78, 5) is 11.4. The molecule has 1 aliphatic carbocycles. The zero-order valence-corrected chi connectivity index (χ0v) is 11.0. The summed E-state index contributed by atoms with van der Waals surface area (Å²) in [7, 11) is -3.59. The largest absolute Gasteiger partial charge is 0.481 e. The third kappa shape index (κ3) is 2.02. The van der Waals surface area contributed by atoms with Gasteiger partial charge in [0.2, 0.25) is 0 Å². The van der Waals surface area contributed by atoms with Crippen LogP contribution in [0.2, 0.25) is 0 Å². The predicted octanol–water partition coefficient (Wildman–Crippen LogP) is 0.366. The van der Waals surface area contributed by atoms with E-state index in [-0.39, 0.29) is 6.54 Å². The minimum Gasteiger partial charge on any atom is -0.481 e. The highest BCUT2D eigenvalue weighted by molar-refractivity contribution is 7.91. The molecule has 5 nitrogen and oxygen atoms in total. The van der Waals surface area contributed by atoms with Crippen molar-refractivity contribution in [3.63, 3.8) is 0 Å². The van der Waals surface area contributed by atoms with Crippen LogP contribution >= 0.6 is 0 Å². The Hall–Kier alpha value is -1.47. The number of carbonyl (C=O) groups is 1. The molecule has 0 spiro atoms. The Labute approximate surface area is 110 Å². The maximum atomic E-state index is 13.2. The van der Waals surface area contributed by atoms with Gasteiger partial charge in [0.25, 0.3) is 0 Å². The second-order valence-electron chi connectivity index (χ2n) is 4.83. The van der Waals surface area contributed by atoms with Crippen LogP contribution in [0.5, 0.6) is 0 Å². The van der Waals surface area contributed by atoms with Gasteiger partial charge in [0.05, 0.1) is 5.25 Å². The number of sulfone groups is 1. The first kappa shape index (κ1) is 14.0. The van der Waals surface area contributed by atoms with Crippen molar-refractivity contribution in [3.8, 4) is 0 Å². The molecule has 0 saturated heterocycles. The highest BCUT2D eigenvalue weighted by atomic mass is 32.2. The van der Waals surface area contributed by atoms with Gasteiger partial charge < -0.3 is 10.8 Å². The molecule has 0 heterocycles. The van der Waals surface area contributed by atoms with Crippen molar-refractivity contribution < 1.29 is 22.7 Å². The maximum absolute atomic E-state index is 13.2. The molecule has 104 valence electrons. The number of aliphatic carboxylic acids is 1. The Kier molecular flexibility index (Phi) is 3.14. The van der Waals surface area contributed by atoms with Gasteiger partial charge in [-0.05, 0) is 17.7 Å². The molecule has 1 fully saturated rings. The zero-order chi connectivity index (χ0) is 14.4. The van der Waals surface area contributed by atoms with Crippen LogP contribution in [0.4, 0.5) is 4.39 Å². The Morgan fingerprint density at radius 3 is 2.53 bits per heavy atom. The standard InChI is InChI=1S/C12H14FNO4S/c1-19(17,18)10-9(12(10,6-14)11(15)16)7-3-2-4-8(13)5-7/h2-5,9-10H,6,14H2,1H3,(H,15,16)/t9-,10+,12-/m0/s1. The van der Waals surface area contributed by atoms with Crippen LogP contribution < -0.4 is 5.73 Å². The molecule has 1 saturated carbocycles. The van der Waals surface area contributed by atoms with E-state index in [1.807, 2.05) is 0 Å². The first-order chi connectivity index (χ1) is 8.75. The smallest absolute Gasteiger partial charge is 0.312 e. The summed E-state index contributed by atoms with van der Waals surface area (Å²) in [5.41, 5.74) is 4.28. The van der Waals surface area contributed by atoms with Gasteiger partial charge in [-0.25, -0.2) is 12.8 Å². The van der Waals surface area contributed by atoms with E-state index < -0.39 is 38.2 Å². The second-order valence-corrected chi connectivity index (χ2v) is 7.00. The Balaban J connectivity index is 2.53. The maximum Gasteiger partial charge on any atom is 0.312 e. The van der Waals surface area contributed by atoms with Crippen molar-refractivity contribution in [2.24, 2.45) is 11.1 Å². The number of nitrogens with two attached hydrogens (primary N) is 1. The summed E-state index contributed by atoms with van der Waals surface area (Å²) in [5, 5.41) is 8.19. The summed E-state index contributed by atoms with van der Waals surface area (Å²) >= 11 is 0. The fraction of sp³-hybridized carbons (Fsp3) is 0.417. The first-order valence-corrected chi connectivity index (χ1v) is 7.58. The SMILES string of the molecule is CS(=O)(=O)[C@@H]1[C@H](c2cccc(F)c2)[C@]1(CN)C(=O)O. The van der Waals surface area contributed by atoms with Crippen LogP contribution in [-0.4, -0.2) is 37.5 Å². The monoisotopic (exact) mass is 287 g/mol. The molecule has 0 aliphatic heterocycles. The van der Waals surface area contributed by atoms with Crippen LogP contribution in [0.3, 0.4) is 0 Å². The van der Waals surface area contributed by atoms with Crippen LogP contribution in [-0.2, 0) is 14.6 Å². The van der Waals surface area contributed by atoms with Crippen molar-refractivity contribution in [1.29, 1.82) is 0 Å². The molecule has 1 aromatic carbocycles. The Bertz CT molecular complexity index is 630.